The van der Waals surface area contributed by atoms with Gasteiger partial charge in [0.2, 0.25) is 17.7 Å². The van der Waals surface area contributed by atoms with Gasteiger partial charge in [0.1, 0.15) is 24.9 Å². The second-order valence-electron chi connectivity index (χ2n) is 19.1. The molecule has 1 saturated heterocycles. The van der Waals surface area contributed by atoms with E-state index in [2.05, 4.69) is 22.5 Å². The fourth-order valence-corrected chi connectivity index (χ4v) is 11.7. The zero-order valence-electron chi connectivity index (χ0n) is 37.5. The number of rotatable bonds is 13. The van der Waals surface area contributed by atoms with E-state index < -0.39 is 113 Å². The summed E-state index contributed by atoms with van der Waals surface area (Å²) in [7, 11) is 0. The molecule has 0 spiro atoms. The van der Waals surface area contributed by atoms with E-state index in [1.54, 1.807) is 44.2 Å². The van der Waals surface area contributed by atoms with Crippen LogP contribution in [0.2, 0.25) is 0 Å². The van der Waals surface area contributed by atoms with E-state index in [-0.39, 0.29) is 43.7 Å². The van der Waals surface area contributed by atoms with Crippen LogP contribution < -0.4 is 16.0 Å². The van der Waals surface area contributed by atoms with E-state index in [4.69, 9.17) is 9.47 Å². The van der Waals surface area contributed by atoms with Crippen molar-refractivity contribution in [2.24, 2.45) is 22.7 Å². The lowest BCUT2D eigenvalue weighted by Crippen LogP contribution is -2.70. The minimum atomic E-state index is -2.25. The number of ketones is 1. The first-order chi connectivity index (χ1) is 31.2. The summed E-state index contributed by atoms with van der Waals surface area (Å²) in [5, 5.41) is 30.2. The molecule has 350 valence electrons. The number of aliphatic hydroxyl groups excluding tert-OH is 2. The molecule has 14 nitrogen and oxygen atoms in total. The number of ether oxygens (including phenoxy) is 2. The van der Waals surface area contributed by atoms with Gasteiger partial charge in [0.25, 0.3) is 11.8 Å². The monoisotopic (exact) mass is 910 g/mol. The van der Waals surface area contributed by atoms with Gasteiger partial charge in [-0.25, -0.2) is 8.78 Å². The molecule has 0 aromatic heterocycles. The van der Waals surface area contributed by atoms with Gasteiger partial charge in [-0.2, -0.15) is 0 Å². The van der Waals surface area contributed by atoms with Crippen LogP contribution in [0.5, 0.6) is 0 Å². The molecule has 4 aliphatic carbocycles. The Balaban J connectivity index is 0.903. The number of hydrogen-bond acceptors (Lipinski definition) is 10. The largest absolute Gasteiger partial charge is 0.390 e. The van der Waals surface area contributed by atoms with Gasteiger partial charge < -0.3 is 35.6 Å². The van der Waals surface area contributed by atoms with Gasteiger partial charge in [-0.3, -0.25) is 33.7 Å². The van der Waals surface area contributed by atoms with E-state index in [0.29, 0.717) is 16.8 Å². The standard InChI is InChI=1S/C50H56F2N4O10/c1-26-16-18-47(5)36(20-26)37(51)22-35-34-23-40-50(39(59)25-57,48(34,6)24-38(58)49(35,47)52)66-46(65-40)31-12-10-30(11-13-31)27(2)32-8-7-9-33(21-32)55-45(64)29(4)54-44(63)28(3)53-41(60)17-19-56-42(61)14-15-43(56)62/h7-16,18,20-21,27-29,34-35,37-38,40,46,57-58H,1,17,19,22-25H2,2-6H3,(H,53,60)(H,54,63)(H,55,64)/t27-,28+,29+,34+,35+,37+,38+,40-,46?,47+,48+,49+,50-/m1/s1. The molecular formula is C50H56F2N4O10. The third-order valence-electron chi connectivity index (χ3n) is 15.4. The van der Waals surface area contributed by atoms with Gasteiger partial charge in [-0.15, -0.1) is 0 Å². The highest BCUT2D eigenvalue weighted by molar-refractivity contribution is 6.13. The molecule has 2 heterocycles. The zero-order valence-corrected chi connectivity index (χ0v) is 37.5. The number of aliphatic hydroxyl groups is 2. The van der Waals surface area contributed by atoms with Gasteiger partial charge in [0, 0.05) is 59.0 Å². The second kappa shape index (κ2) is 17.2. The van der Waals surface area contributed by atoms with Crippen LogP contribution in [0.4, 0.5) is 14.5 Å². The maximum Gasteiger partial charge on any atom is 0.253 e. The summed E-state index contributed by atoms with van der Waals surface area (Å²) in [6.07, 6.45) is 1.66. The van der Waals surface area contributed by atoms with Crippen molar-refractivity contribution in [1.82, 2.24) is 15.5 Å². The van der Waals surface area contributed by atoms with Gasteiger partial charge in [-0.1, -0.05) is 75.1 Å². The van der Waals surface area contributed by atoms with Gasteiger partial charge in [0.05, 0.1) is 12.2 Å². The lowest BCUT2D eigenvalue weighted by molar-refractivity contribution is -0.235. The topological polar surface area (TPSA) is 201 Å². The number of Topliss-reactive ketones (excluding diaryl/α,β-unsaturated/α-hetero) is 1. The van der Waals surface area contributed by atoms with Crippen molar-refractivity contribution in [3.63, 3.8) is 0 Å². The Morgan fingerprint density at radius 3 is 2.29 bits per heavy atom. The van der Waals surface area contributed by atoms with E-state index in [0.717, 1.165) is 28.2 Å². The lowest BCUT2D eigenvalue weighted by atomic mass is 9.44. The smallest absolute Gasteiger partial charge is 0.253 e. The molecule has 2 aromatic carbocycles. The normalized spacial score (nSPS) is 34.3. The first-order valence-electron chi connectivity index (χ1n) is 22.4. The number of nitrogens with one attached hydrogen (secondary N) is 3. The Labute approximate surface area is 381 Å². The van der Waals surface area contributed by atoms with Crippen LogP contribution in [0.15, 0.2) is 96.6 Å². The molecule has 5 amide bonds. The highest BCUT2D eigenvalue weighted by atomic mass is 19.1. The SMILES string of the molecule is C=C1C=C[C@@]2(C)C(=C1)[C@@H](F)C[C@H]1[C@@H]3C[C@H]4OC(c5ccc([C@@H](C)c6cccc(NC(=O)[C@H](C)NC(=O)[C@H](C)NC(=O)CCN7C(=O)C=CC7=O)c6)cc5)O[C@@]4(C(=O)CO)[C@@]3(C)C[C@H](O)[C@@]12F. The molecule has 6 aliphatic rings. The number of amides is 5. The molecule has 5 N–H and O–H groups in total. The Hall–Kier alpha value is -5.68. The number of halogens is 2. The molecule has 66 heavy (non-hydrogen) atoms. The number of benzene rings is 2. The Morgan fingerprint density at radius 1 is 0.924 bits per heavy atom. The number of allylic oxidation sites excluding steroid dienone is 5. The van der Waals surface area contributed by atoms with Crippen LogP contribution in [0.1, 0.15) is 89.2 Å². The van der Waals surface area contributed by atoms with Crippen molar-refractivity contribution in [2.45, 2.75) is 114 Å². The quantitative estimate of drug-likeness (QED) is 0.175. The molecule has 3 saturated carbocycles. The fourth-order valence-electron chi connectivity index (χ4n) is 11.7. The summed E-state index contributed by atoms with van der Waals surface area (Å²) in [6.45, 7) is 11.2. The van der Waals surface area contributed by atoms with Gasteiger partial charge in [0.15, 0.2) is 23.3 Å². The molecule has 0 bridgehead atoms. The van der Waals surface area contributed by atoms with Crippen LogP contribution in [0.3, 0.4) is 0 Å². The highest BCUT2D eigenvalue weighted by Crippen LogP contribution is 2.72. The average molecular weight is 911 g/mol. The van der Waals surface area contributed by atoms with Crippen LogP contribution in [-0.2, 0) is 38.2 Å². The summed E-state index contributed by atoms with van der Waals surface area (Å²) in [4.78, 5) is 76.7. The minimum absolute atomic E-state index is 0.133. The summed E-state index contributed by atoms with van der Waals surface area (Å²) >= 11 is 0. The number of fused-ring (bicyclic) bond motifs is 7. The van der Waals surface area contributed by atoms with Crippen molar-refractivity contribution < 1.29 is 57.2 Å². The zero-order chi connectivity index (χ0) is 47.7. The maximum absolute atomic E-state index is 17.9. The number of hydrogen-bond donors (Lipinski definition) is 5. The van der Waals surface area contributed by atoms with Crippen molar-refractivity contribution in [3.8, 4) is 0 Å². The number of imide groups is 1. The van der Waals surface area contributed by atoms with E-state index in [1.807, 2.05) is 43.3 Å². The first-order valence-corrected chi connectivity index (χ1v) is 22.4. The molecule has 2 aliphatic heterocycles. The molecule has 16 heteroatoms. The van der Waals surface area contributed by atoms with Gasteiger partial charge in [-0.05, 0) is 80.4 Å². The molecule has 2 aromatic rings. The van der Waals surface area contributed by atoms with Gasteiger partial charge >= 0.3 is 0 Å². The number of alkyl halides is 2. The number of nitrogens with zero attached hydrogens (tertiary/aromatic N) is 1. The van der Waals surface area contributed by atoms with Crippen molar-refractivity contribution in [3.05, 3.63) is 113 Å². The van der Waals surface area contributed by atoms with Crippen molar-refractivity contribution in [2.75, 3.05) is 18.5 Å². The summed E-state index contributed by atoms with van der Waals surface area (Å²) < 4.78 is 47.1. The predicted octanol–water partition coefficient (Wildman–Crippen LogP) is 4.73. The minimum Gasteiger partial charge on any atom is -0.390 e. The summed E-state index contributed by atoms with van der Waals surface area (Å²) in [5.74, 6) is -5.09. The van der Waals surface area contributed by atoms with Crippen LogP contribution >= 0.6 is 0 Å². The third kappa shape index (κ3) is 7.46. The summed E-state index contributed by atoms with van der Waals surface area (Å²) in [5.41, 5.74) is -3.00. The highest BCUT2D eigenvalue weighted by Gasteiger charge is 2.80. The Morgan fingerprint density at radius 2 is 1.61 bits per heavy atom. The molecule has 4 fully saturated rings. The van der Waals surface area contributed by atoms with E-state index in [1.165, 1.54) is 13.8 Å². The number of carbonyl (C=O) groups excluding carboxylic acids is 6. The van der Waals surface area contributed by atoms with E-state index in [9.17, 15) is 39.0 Å². The fraction of sp³-hybridized carbons (Fsp3) is 0.480. The first kappa shape index (κ1) is 46.8. The molecule has 0 radical (unpaired) electrons. The molecule has 8 rings (SSSR count). The average Bonchev–Trinajstić information content (AvgIpc) is 3.91. The molecule has 13 atom stereocenters. The second-order valence-corrected chi connectivity index (χ2v) is 19.1. The third-order valence-corrected chi connectivity index (χ3v) is 15.4. The molecule has 1 unspecified atom stereocenters. The Kier molecular flexibility index (Phi) is 12.2. The lowest BCUT2D eigenvalue weighted by Gasteiger charge is -2.63. The van der Waals surface area contributed by atoms with Crippen LogP contribution in [0.25, 0.3) is 0 Å². The van der Waals surface area contributed by atoms with Crippen molar-refractivity contribution in [1.29, 1.82) is 0 Å². The predicted molar refractivity (Wildman–Crippen MR) is 236 cm³/mol. The number of anilines is 1. The van der Waals surface area contributed by atoms with Crippen LogP contribution in [-0.4, -0.2) is 105 Å². The Bertz CT molecular complexity index is 2460. The summed E-state index contributed by atoms with van der Waals surface area (Å²) in [6, 6.07) is 12.6. The maximum atomic E-state index is 17.9. The number of carbonyl (C=O) groups is 6. The van der Waals surface area contributed by atoms with Crippen molar-refractivity contribution >= 4 is 41.0 Å². The van der Waals surface area contributed by atoms with Crippen LogP contribution in [0, 0.1) is 22.7 Å². The molecular weight excluding hydrogens is 855 g/mol. The van der Waals surface area contributed by atoms with E-state index >= 15 is 8.78 Å².